The van der Waals surface area contributed by atoms with Gasteiger partial charge in [0.15, 0.2) is 16.7 Å². The zero-order valence-electron chi connectivity index (χ0n) is 16.7. The minimum absolute atomic E-state index is 0.138. The van der Waals surface area contributed by atoms with E-state index < -0.39 is 0 Å². The molecular formula is C20H20N6O3S. The average molecular weight is 424 g/mol. The van der Waals surface area contributed by atoms with Crippen LogP contribution in [0.3, 0.4) is 0 Å². The van der Waals surface area contributed by atoms with E-state index in [1.165, 1.54) is 11.8 Å². The number of nitrogens with zero attached hydrogens (tertiary/aromatic N) is 6. The SMILES string of the molecule is Cc1cc(C)n2c(SCC(=O)N(CCC#N)c3ccc4c(c3)OCCO4)nnc2n1. The van der Waals surface area contributed by atoms with Crippen molar-refractivity contribution in [2.45, 2.75) is 25.4 Å². The molecule has 1 aromatic carbocycles. The maximum atomic E-state index is 13.0. The fraction of sp³-hybridized carbons (Fsp3) is 0.350. The fourth-order valence-corrected chi connectivity index (χ4v) is 4.12. The minimum atomic E-state index is -0.138. The van der Waals surface area contributed by atoms with E-state index in [1.54, 1.807) is 23.1 Å². The number of benzene rings is 1. The van der Waals surface area contributed by atoms with Gasteiger partial charge < -0.3 is 14.4 Å². The Labute approximate surface area is 177 Å². The first-order valence-electron chi connectivity index (χ1n) is 9.46. The van der Waals surface area contributed by atoms with Gasteiger partial charge in [0.1, 0.15) is 13.2 Å². The number of carbonyl (C=O) groups excluding carboxylic acids is 1. The Morgan fingerprint density at radius 2 is 2.03 bits per heavy atom. The van der Waals surface area contributed by atoms with E-state index in [-0.39, 0.29) is 24.6 Å². The lowest BCUT2D eigenvalue weighted by molar-refractivity contribution is -0.116. The van der Waals surface area contributed by atoms with Crippen LogP contribution in [0.5, 0.6) is 11.5 Å². The molecule has 0 atom stereocenters. The third kappa shape index (κ3) is 4.02. The first-order chi connectivity index (χ1) is 14.6. The summed E-state index contributed by atoms with van der Waals surface area (Å²) < 4.78 is 13.0. The van der Waals surface area contributed by atoms with Crippen LogP contribution >= 0.6 is 11.8 Å². The first kappa shape index (κ1) is 20.0. The highest BCUT2D eigenvalue weighted by atomic mass is 32.2. The number of hydrogen-bond donors (Lipinski definition) is 0. The van der Waals surface area contributed by atoms with Gasteiger partial charge >= 0.3 is 0 Å². The van der Waals surface area contributed by atoms with Crippen LogP contribution in [0.2, 0.25) is 0 Å². The summed E-state index contributed by atoms with van der Waals surface area (Å²) >= 11 is 1.29. The molecule has 0 saturated carbocycles. The highest BCUT2D eigenvalue weighted by molar-refractivity contribution is 7.99. The van der Waals surface area contributed by atoms with Gasteiger partial charge in [0.05, 0.1) is 18.2 Å². The van der Waals surface area contributed by atoms with Crippen LogP contribution < -0.4 is 14.4 Å². The molecule has 0 bridgehead atoms. The number of thioether (sulfide) groups is 1. The Hall–Kier alpha value is -3.32. The molecule has 154 valence electrons. The molecule has 3 aromatic rings. The molecule has 4 rings (SSSR count). The van der Waals surface area contributed by atoms with E-state index in [0.717, 1.165) is 11.4 Å². The lowest BCUT2D eigenvalue weighted by Gasteiger charge is -2.24. The van der Waals surface area contributed by atoms with Crippen LogP contribution in [0.4, 0.5) is 5.69 Å². The highest BCUT2D eigenvalue weighted by Crippen LogP contribution is 2.34. The number of ether oxygens (including phenoxy) is 2. The third-order valence-electron chi connectivity index (χ3n) is 4.57. The molecule has 0 spiro atoms. The summed E-state index contributed by atoms with van der Waals surface area (Å²) in [5.41, 5.74) is 2.48. The number of aryl methyl sites for hydroxylation is 2. The van der Waals surface area contributed by atoms with Gasteiger partial charge in [-0.1, -0.05) is 11.8 Å². The van der Waals surface area contributed by atoms with Crippen molar-refractivity contribution in [3.63, 3.8) is 0 Å². The molecule has 30 heavy (non-hydrogen) atoms. The van der Waals surface area contributed by atoms with Gasteiger partial charge in [-0.3, -0.25) is 9.20 Å². The van der Waals surface area contributed by atoms with Crippen molar-refractivity contribution in [3.05, 3.63) is 35.7 Å². The zero-order chi connectivity index (χ0) is 21.1. The minimum Gasteiger partial charge on any atom is -0.486 e. The molecule has 1 amide bonds. The van der Waals surface area contributed by atoms with Gasteiger partial charge in [0.2, 0.25) is 5.91 Å². The molecule has 0 N–H and O–H groups in total. The maximum Gasteiger partial charge on any atom is 0.256 e. The lowest BCUT2D eigenvalue weighted by atomic mass is 10.2. The molecule has 0 saturated heterocycles. The molecular weight excluding hydrogens is 404 g/mol. The fourth-order valence-electron chi connectivity index (χ4n) is 3.26. The largest absolute Gasteiger partial charge is 0.486 e. The Morgan fingerprint density at radius 1 is 1.23 bits per heavy atom. The Morgan fingerprint density at radius 3 is 2.83 bits per heavy atom. The monoisotopic (exact) mass is 424 g/mol. The summed E-state index contributed by atoms with van der Waals surface area (Å²) in [6.45, 7) is 5.10. The normalized spacial score (nSPS) is 12.6. The van der Waals surface area contributed by atoms with Crippen molar-refractivity contribution in [2.24, 2.45) is 0 Å². The molecule has 0 fully saturated rings. The summed E-state index contributed by atoms with van der Waals surface area (Å²) in [4.78, 5) is 19.0. The molecule has 0 unspecified atom stereocenters. The van der Waals surface area contributed by atoms with Crippen molar-refractivity contribution in [1.82, 2.24) is 19.6 Å². The number of anilines is 1. The summed E-state index contributed by atoms with van der Waals surface area (Å²) in [6.07, 6.45) is 0.223. The standard InChI is InChI=1S/C20H20N6O3S/c1-13-10-14(2)26-19(22-13)23-24-20(26)30-12-18(27)25(7-3-6-21)15-4-5-16-17(11-15)29-9-8-28-16/h4-5,10-11H,3,7-9,12H2,1-2H3. The molecule has 2 aromatic heterocycles. The first-order valence-corrected chi connectivity index (χ1v) is 10.4. The molecule has 10 heteroatoms. The van der Waals surface area contributed by atoms with E-state index in [9.17, 15) is 4.79 Å². The van der Waals surface area contributed by atoms with Gasteiger partial charge in [-0.05, 0) is 32.0 Å². The molecule has 0 aliphatic carbocycles. The second-order valence-corrected chi connectivity index (χ2v) is 7.67. The van der Waals surface area contributed by atoms with Crippen LogP contribution in [0, 0.1) is 25.2 Å². The quantitative estimate of drug-likeness (QED) is 0.556. The van der Waals surface area contributed by atoms with Gasteiger partial charge in [-0.25, -0.2) is 4.98 Å². The predicted molar refractivity (Wildman–Crippen MR) is 111 cm³/mol. The Bertz CT molecular complexity index is 1140. The van der Waals surface area contributed by atoms with Gasteiger partial charge in [-0.15, -0.1) is 10.2 Å². The summed E-state index contributed by atoms with van der Waals surface area (Å²) in [7, 11) is 0. The number of amides is 1. The van der Waals surface area contributed by atoms with Gasteiger partial charge in [0.25, 0.3) is 5.78 Å². The topological polar surface area (TPSA) is 106 Å². The third-order valence-corrected chi connectivity index (χ3v) is 5.49. The van der Waals surface area contributed by atoms with Crippen molar-refractivity contribution < 1.29 is 14.3 Å². The van der Waals surface area contributed by atoms with Crippen LogP contribution in [0.1, 0.15) is 17.8 Å². The number of carbonyl (C=O) groups is 1. The van der Waals surface area contributed by atoms with E-state index in [4.69, 9.17) is 14.7 Å². The number of hydrogen-bond acceptors (Lipinski definition) is 8. The van der Waals surface area contributed by atoms with Crippen molar-refractivity contribution in [2.75, 3.05) is 30.4 Å². The number of nitriles is 1. The Balaban J connectivity index is 1.54. The van der Waals surface area contributed by atoms with Crippen molar-refractivity contribution >= 4 is 29.1 Å². The van der Waals surface area contributed by atoms with Crippen LogP contribution in [0.15, 0.2) is 29.4 Å². The van der Waals surface area contributed by atoms with E-state index in [0.29, 0.717) is 41.3 Å². The second-order valence-electron chi connectivity index (χ2n) is 6.73. The molecule has 0 radical (unpaired) electrons. The lowest BCUT2D eigenvalue weighted by Crippen LogP contribution is -2.33. The smallest absolute Gasteiger partial charge is 0.256 e. The zero-order valence-corrected chi connectivity index (χ0v) is 17.5. The van der Waals surface area contributed by atoms with Crippen LogP contribution in [-0.2, 0) is 4.79 Å². The molecule has 1 aliphatic rings. The highest BCUT2D eigenvalue weighted by Gasteiger charge is 2.21. The van der Waals surface area contributed by atoms with Crippen LogP contribution in [-0.4, -0.2) is 51.0 Å². The second kappa shape index (κ2) is 8.59. The number of fused-ring (bicyclic) bond motifs is 2. The van der Waals surface area contributed by atoms with Crippen molar-refractivity contribution in [3.8, 4) is 17.6 Å². The van der Waals surface area contributed by atoms with E-state index in [1.807, 2.05) is 24.3 Å². The molecule has 9 nitrogen and oxygen atoms in total. The average Bonchev–Trinajstić information content (AvgIpc) is 3.15. The molecule has 3 heterocycles. The maximum absolute atomic E-state index is 13.0. The van der Waals surface area contributed by atoms with Crippen molar-refractivity contribution in [1.29, 1.82) is 5.26 Å². The summed E-state index contributed by atoms with van der Waals surface area (Å²) in [5.74, 6) is 1.77. The van der Waals surface area contributed by atoms with Crippen LogP contribution in [0.25, 0.3) is 5.78 Å². The summed E-state index contributed by atoms with van der Waals surface area (Å²) in [6, 6.07) is 9.40. The Kier molecular flexibility index (Phi) is 5.72. The van der Waals surface area contributed by atoms with Gasteiger partial charge in [-0.2, -0.15) is 5.26 Å². The van der Waals surface area contributed by atoms with E-state index >= 15 is 0 Å². The summed E-state index contributed by atoms with van der Waals surface area (Å²) in [5, 5.41) is 17.9. The van der Waals surface area contributed by atoms with Gasteiger partial charge in [0, 0.05) is 29.7 Å². The predicted octanol–water partition coefficient (Wildman–Crippen LogP) is 2.55. The van der Waals surface area contributed by atoms with E-state index in [2.05, 4.69) is 21.3 Å². The number of aromatic nitrogens is 4. The number of rotatable bonds is 6. The molecule has 1 aliphatic heterocycles.